The molecule has 0 aliphatic carbocycles. The van der Waals surface area contributed by atoms with E-state index >= 15 is 0 Å². The number of likely N-dealkylation sites (tertiary alicyclic amines) is 1. The van der Waals surface area contributed by atoms with E-state index in [0.29, 0.717) is 11.8 Å². The molecule has 0 aromatic heterocycles. The maximum absolute atomic E-state index is 11.7. The molecule has 0 spiro atoms. The monoisotopic (exact) mass is 410 g/mol. The summed E-state index contributed by atoms with van der Waals surface area (Å²) in [7, 11) is 3.53. The number of rotatable bonds is 4. The number of amides is 1. The summed E-state index contributed by atoms with van der Waals surface area (Å²) in [6.07, 6.45) is 2.48. The fourth-order valence-electron chi connectivity index (χ4n) is 2.23. The van der Waals surface area contributed by atoms with Crippen molar-refractivity contribution < 1.29 is 4.79 Å². The van der Waals surface area contributed by atoms with E-state index in [2.05, 4.69) is 36.0 Å². The molecule has 0 aromatic carbocycles. The van der Waals surface area contributed by atoms with Crippen molar-refractivity contribution in [3.63, 3.8) is 0 Å². The average molecular weight is 410 g/mol. The summed E-state index contributed by atoms with van der Waals surface area (Å²) < 4.78 is 0. The topological polar surface area (TPSA) is 47.9 Å². The number of likely N-dealkylation sites (N-methyl/N-ethyl adjacent to an activating group) is 1. The SMILES string of the molecule is CC(C)CNC(=NCC(=O)N(C)C)N1CCCC(C)C1.I. The first-order valence-electron chi connectivity index (χ1n) is 7.63. The van der Waals surface area contributed by atoms with Gasteiger partial charge >= 0.3 is 0 Å². The van der Waals surface area contributed by atoms with E-state index in [4.69, 9.17) is 0 Å². The third-order valence-electron chi connectivity index (χ3n) is 3.49. The van der Waals surface area contributed by atoms with Crippen LogP contribution in [0.4, 0.5) is 0 Å². The van der Waals surface area contributed by atoms with Crippen molar-refractivity contribution in [2.45, 2.75) is 33.6 Å². The highest BCUT2D eigenvalue weighted by atomic mass is 127. The van der Waals surface area contributed by atoms with Crippen molar-refractivity contribution in [1.29, 1.82) is 0 Å². The molecule has 6 heteroatoms. The van der Waals surface area contributed by atoms with Gasteiger partial charge in [-0.05, 0) is 24.7 Å². The molecule has 0 saturated carbocycles. The van der Waals surface area contributed by atoms with Gasteiger partial charge in [-0.1, -0.05) is 20.8 Å². The maximum Gasteiger partial charge on any atom is 0.243 e. The molecule has 1 rings (SSSR count). The summed E-state index contributed by atoms with van der Waals surface area (Å²) in [4.78, 5) is 20.1. The van der Waals surface area contributed by atoms with Crippen LogP contribution in [0.3, 0.4) is 0 Å². The summed E-state index contributed by atoms with van der Waals surface area (Å²) >= 11 is 0. The Bertz CT molecular complexity index is 345. The summed E-state index contributed by atoms with van der Waals surface area (Å²) in [6.45, 7) is 9.79. The molecule has 1 unspecified atom stereocenters. The van der Waals surface area contributed by atoms with Crippen LogP contribution >= 0.6 is 24.0 Å². The Labute approximate surface area is 146 Å². The number of piperidine rings is 1. The molecule has 124 valence electrons. The summed E-state index contributed by atoms with van der Waals surface area (Å²) in [5, 5.41) is 3.41. The number of guanidine groups is 1. The van der Waals surface area contributed by atoms with Gasteiger partial charge in [0.05, 0.1) is 0 Å². The minimum atomic E-state index is 0. The first-order valence-corrected chi connectivity index (χ1v) is 7.63. The van der Waals surface area contributed by atoms with Gasteiger partial charge in [0.1, 0.15) is 6.54 Å². The fraction of sp³-hybridized carbons (Fsp3) is 0.867. The van der Waals surface area contributed by atoms with Crippen LogP contribution < -0.4 is 5.32 Å². The molecule has 21 heavy (non-hydrogen) atoms. The van der Waals surface area contributed by atoms with Crippen LogP contribution in [0.25, 0.3) is 0 Å². The minimum Gasteiger partial charge on any atom is -0.356 e. The number of nitrogens with one attached hydrogen (secondary N) is 1. The summed E-state index contributed by atoms with van der Waals surface area (Å²) in [5.74, 6) is 2.19. The highest BCUT2D eigenvalue weighted by Gasteiger charge is 2.19. The van der Waals surface area contributed by atoms with E-state index < -0.39 is 0 Å². The largest absolute Gasteiger partial charge is 0.356 e. The smallest absolute Gasteiger partial charge is 0.243 e. The van der Waals surface area contributed by atoms with Crippen LogP contribution in [0.15, 0.2) is 4.99 Å². The highest BCUT2D eigenvalue weighted by Crippen LogP contribution is 2.15. The molecule has 1 amide bonds. The third kappa shape index (κ3) is 7.87. The second-order valence-electron chi connectivity index (χ2n) is 6.40. The molecule has 1 N–H and O–H groups in total. The van der Waals surface area contributed by atoms with Gasteiger partial charge in [0, 0.05) is 33.7 Å². The van der Waals surface area contributed by atoms with Crippen LogP contribution in [0.5, 0.6) is 0 Å². The first-order chi connectivity index (χ1) is 9.40. The zero-order valence-corrected chi connectivity index (χ0v) is 16.4. The van der Waals surface area contributed by atoms with Gasteiger partial charge in [-0.25, -0.2) is 4.99 Å². The Morgan fingerprint density at radius 3 is 2.62 bits per heavy atom. The van der Waals surface area contributed by atoms with E-state index in [-0.39, 0.29) is 36.4 Å². The van der Waals surface area contributed by atoms with Crippen LogP contribution in [-0.2, 0) is 4.79 Å². The van der Waals surface area contributed by atoms with Gasteiger partial charge in [-0.3, -0.25) is 4.79 Å². The Morgan fingerprint density at radius 2 is 2.10 bits per heavy atom. The molecular weight excluding hydrogens is 379 g/mol. The lowest BCUT2D eigenvalue weighted by Crippen LogP contribution is -2.47. The molecule has 1 fully saturated rings. The molecular formula is C15H31IN4O. The van der Waals surface area contributed by atoms with Crippen molar-refractivity contribution in [2.24, 2.45) is 16.8 Å². The average Bonchev–Trinajstić information content (AvgIpc) is 2.37. The second-order valence-corrected chi connectivity index (χ2v) is 6.40. The molecule has 1 aliphatic rings. The Morgan fingerprint density at radius 1 is 1.43 bits per heavy atom. The zero-order chi connectivity index (χ0) is 15.1. The van der Waals surface area contributed by atoms with Crippen LogP contribution in [-0.4, -0.2) is 61.9 Å². The summed E-state index contributed by atoms with van der Waals surface area (Å²) in [6, 6.07) is 0. The highest BCUT2D eigenvalue weighted by molar-refractivity contribution is 14.0. The number of halogens is 1. The maximum atomic E-state index is 11.7. The van der Waals surface area contributed by atoms with E-state index in [1.165, 1.54) is 12.8 Å². The van der Waals surface area contributed by atoms with E-state index in [1.807, 2.05) is 0 Å². The number of carbonyl (C=O) groups is 1. The molecule has 0 aromatic rings. The second kappa shape index (κ2) is 10.2. The third-order valence-corrected chi connectivity index (χ3v) is 3.49. The van der Waals surface area contributed by atoms with Gasteiger partial charge in [-0.2, -0.15) is 0 Å². The Hall–Kier alpha value is -0.530. The van der Waals surface area contributed by atoms with Crippen LogP contribution in [0, 0.1) is 11.8 Å². The molecule has 1 aliphatic heterocycles. The Balaban J connectivity index is 0.00000400. The fourth-order valence-corrected chi connectivity index (χ4v) is 2.23. The normalized spacial score (nSPS) is 19.2. The molecule has 5 nitrogen and oxygen atoms in total. The molecule has 1 saturated heterocycles. The lowest BCUT2D eigenvalue weighted by Gasteiger charge is -2.34. The van der Waals surface area contributed by atoms with Gasteiger partial charge in [0.2, 0.25) is 5.91 Å². The quantitative estimate of drug-likeness (QED) is 0.438. The van der Waals surface area contributed by atoms with E-state index in [0.717, 1.165) is 25.6 Å². The molecule has 1 heterocycles. The zero-order valence-electron chi connectivity index (χ0n) is 14.1. The molecule has 0 radical (unpaired) electrons. The standard InChI is InChI=1S/C15H30N4O.HI/c1-12(2)9-16-15(17-10-14(20)18(4)5)19-8-6-7-13(3)11-19;/h12-13H,6-11H2,1-5H3,(H,16,17);1H. The van der Waals surface area contributed by atoms with Crippen LogP contribution in [0.2, 0.25) is 0 Å². The van der Waals surface area contributed by atoms with Gasteiger partial charge < -0.3 is 15.1 Å². The molecule has 1 atom stereocenters. The van der Waals surface area contributed by atoms with E-state index in [9.17, 15) is 4.79 Å². The lowest BCUT2D eigenvalue weighted by molar-refractivity contribution is -0.127. The predicted molar refractivity (Wildman–Crippen MR) is 99.2 cm³/mol. The van der Waals surface area contributed by atoms with Crippen molar-refractivity contribution in [1.82, 2.24) is 15.1 Å². The first kappa shape index (κ1) is 20.5. The number of carbonyl (C=O) groups excluding carboxylic acids is 1. The van der Waals surface area contributed by atoms with E-state index in [1.54, 1.807) is 19.0 Å². The number of hydrogen-bond donors (Lipinski definition) is 1. The Kier molecular flexibility index (Phi) is 9.98. The minimum absolute atomic E-state index is 0. The van der Waals surface area contributed by atoms with Crippen molar-refractivity contribution in [3.8, 4) is 0 Å². The lowest BCUT2D eigenvalue weighted by atomic mass is 10.0. The number of aliphatic imine (C=N–C) groups is 1. The summed E-state index contributed by atoms with van der Waals surface area (Å²) in [5.41, 5.74) is 0. The number of hydrogen-bond acceptors (Lipinski definition) is 2. The van der Waals surface area contributed by atoms with Crippen molar-refractivity contribution >= 4 is 35.8 Å². The van der Waals surface area contributed by atoms with Gasteiger partial charge in [0.15, 0.2) is 5.96 Å². The molecule has 0 bridgehead atoms. The number of nitrogens with zero attached hydrogens (tertiary/aromatic N) is 3. The van der Waals surface area contributed by atoms with Crippen LogP contribution in [0.1, 0.15) is 33.6 Å². The van der Waals surface area contributed by atoms with Gasteiger partial charge in [0.25, 0.3) is 0 Å². The van der Waals surface area contributed by atoms with Crippen molar-refractivity contribution in [3.05, 3.63) is 0 Å². The van der Waals surface area contributed by atoms with Crippen molar-refractivity contribution in [2.75, 3.05) is 40.3 Å². The predicted octanol–water partition coefficient (Wildman–Crippen LogP) is 2.03. The van der Waals surface area contributed by atoms with Gasteiger partial charge in [-0.15, -0.1) is 24.0 Å².